The van der Waals surface area contributed by atoms with Crippen LogP contribution in [0, 0.1) is 27.9 Å². The smallest absolute Gasteiger partial charge is 0.287 e. The molecule has 3 rings (SSSR count). The molecular weight excluding hydrogens is 416 g/mol. The van der Waals surface area contributed by atoms with Gasteiger partial charge in [-0.1, -0.05) is 6.42 Å². The second-order valence-electron chi connectivity index (χ2n) is 8.11. The Morgan fingerprint density at radius 3 is 2.78 bits per heavy atom. The molecule has 2 heterocycles. The van der Waals surface area contributed by atoms with Crippen LogP contribution in [0.25, 0.3) is 0 Å². The zero-order valence-electron chi connectivity index (χ0n) is 18.4. The number of hydrogen-bond acceptors (Lipinski definition) is 8. The molecule has 0 saturated heterocycles. The average molecular weight is 449 g/mol. The lowest BCUT2D eigenvalue weighted by Gasteiger charge is -2.43. The quantitative estimate of drug-likeness (QED) is 0.252. The number of anilines is 1. The maximum absolute atomic E-state index is 12.8. The molecule has 1 amide bonds. The molecule has 0 bridgehead atoms. The summed E-state index contributed by atoms with van der Waals surface area (Å²) in [7, 11) is 0. The van der Waals surface area contributed by atoms with Crippen LogP contribution in [0.2, 0.25) is 0 Å². The van der Waals surface area contributed by atoms with Crippen molar-refractivity contribution in [2.45, 2.75) is 45.3 Å². The number of pyridine rings is 1. The number of aliphatic hydroxyl groups is 1. The number of rotatable bonds is 12. The summed E-state index contributed by atoms with van der Waals surface area (Å²) in [6.45, 7) is 3.25. The van der Waals surface area contributed by atoms with E-state index >= 15 is 0 Å². The molecular formula is C22H32N4O6. The lowest BCUT2D eigenvalue weighted by atomic mass is 9.68. The van der Waals surface area contributed by atoms with E-state index in [1.54, 1.807) is 0 Å². The van der Waals surface area contributed by atoms with Gasteiger partial charge < -0.3 is 25.2 Å². The molecule has 10 heteroatoms. The van der Waals surface area contributed by atoms with Gasteiger partial charge in [-0.15, -0.1) is 0 Å². The van der Waals surface area contributed by atoms with Crippen molar-refractivity contribution in [2.75, 3.05) is 31.6 Å². The van der Waals surface area contributed by atoms with Crippen molar-refractivity contribution in [3.8, 4) is 0 Å². The first-order chi connectivity index (χ1) is 15.5. The van der Waals surface area contributed by atoms with Crippen molar-refractivity contribution in [3.63, 3.8) is 0 Å². The Labute approximate surface area is 187 Å². The summed E-state index contributed by atoms with van der Waals surface area (Å²) in [6.07, 6.45) is 7.58. The topological polar surface area (TPSA) is 136 Å². The predicted molar refractivity (Wildman–Crippen MR) is 118 cm³/mol. The monoisotopic (exact) mass is 448 g/mol. The minimum atomic E-state index is -0.504. The van der Waals surface area contributed by atoms with E-state index in [0.29, 0.717) is 37.9 Å². The molecule has 1 saturated carbocycles. The third kappa shape index (κ3) is 6.17. The summed E-state index contributed by atoms with van der Waals surface area (Å²) in [5.41, 5.74) is -0.0765. The van der Waals surface area contributed by atoms with Crippen LogP contribution in [0.3, 0.4) is 0 Å². The molecule has 3 N–H and O–H groups in total. The second-order valence-corrected chi connectivity index (χ2v) is 8.11. The molecule has 0 aromatic carbocycles. The van der Waals surface area contributed by atoms with E-state index in [4.69, 9.17) is 9.47 Å². The second kappa shape index (κ2) is 11.8. The van der Waals surface area contributed by atoms with Crippen LogP contribution in [0.15, 0.2) is 30.2 Å². The van der Waals surface area contributed by atoms with Gasteiger partial charge in [0.25, 0.3) is 11.6 Å². The van der Waals surface area contributed by atoms with Gasteiger partial charge in [-0.3, -0.25) is 14.9 Å². The summed E-state index contributed by atoms with van der Waals surface area (Å²) in [5.74, 6) is 1.32. The van der Waals surface area contributed by atoms with Crippen molar-refractivity contribution < 1.29 is 24.3 Å². The molecule has 3 atom stereocenters. The highest BCUT2D eigenvalue weighted by Crippen LogP contribution is 2.44. The van der Waals surface area contributed by atoms with E-state index in [1.807, 2.05) is 13.0 Å². The zero-order chi connectivity index (χ0) is 22.9. The van der Waals surface area contributed by atoms with Gasteiger partial charge in [-0.05, 0) is 56.6 Å². The molecule has 10 nitrogen and oxygen atoms in total. The SMILES string of the molecule is CCO[C@H]1OC(C(=O)NCCNc2ccc([N+](=O)[O-])cn2)=C[C@@H](C2CCC2)[C@H]1CCCO. The first-order valence-electron chi connectivity index (χ1n) is 11.3. The average Bonchev–Trinajstić information content (AvgIpc) is 2.75. The standard InChI is InChI=1S/C22H32N4O6/c1-2-31-22-17(7-4-12-27)18(15-5-3-6-15)13-19(32-22)21(28)24-11-10-23-20-9-8-16(14-25-20)26(29)30/h8-9,13-15,17-18,22,27H,2-7,10-12H2,1H3,(H,23,25)(H,24,28)/t17-,18+,22+/m1/s1. The molecule has 1 aliphatic carbocycles. The number of carbonyl (C=O) groups is 1. The van der Waals surface area contributed by atoms with Gasteiger partial charge in [-0.25, -0.2) is 4.98 Å². The van der Waals surface area contributed by atoms with E-state index in [-0.39, 0.29) is 35.8 Å². The maximum atomic E-state index is 12.8. The van der Waals surface area contributed by atoms with Gasteiger partial charge in [0.1, 0.15) is 12.0 Å². The minimum Gasteiger partial charge on any atom is -0.459 e. The number of nitrogens with one attached hydrogen (secondary N) is 2. The molecule has 32 heavy (non-hydrogen) atoms. The molecule has 0 spiro atoms. The van der Waals surface area contributed by atoms with Gasteiger partial charge >= 0.3 is 0 Å². The summed E-state index contributed by atoms with van der Waals surface area (Å²) < 4.78 is 11.8. The third-order valence-corrected chi connectivity index (χ3v) is 6.05. The molecule has 1 aromatic rings. The van der Waals surface area contributed by atoms with Crippen LogP contribution >= 0.6 is 0 Å². The highest BCUT2D eigenvalue weighted by molar-refractivity contribution is 5.91. The fourth-order valence-corrected chi connectivity index (χ4v) is 4.20. The lowest BCUT2D eigenvalue weighted by Crippen LogP contribution is -2.43. The number of nitro groups is 1. The van der Waals surface area contributed by atoms with E-state index in [1.165, 1.54) is 24.8 Å². The lowest BCUT2D eigenvalue weighted by molar-refractivity contribution is -0.385. The number of nitrogens with zero attached hydrogens (tertiary/aromatic N) is 2. The van der Waals surface area contributed by atoms with Crippen molar-refractivity contribution >= 4 is 17.4 Å². The fraction of sp³-hybridized carbons (Fsp3) is 0.636. The van der Waals surface area contributed by atoms with E-state index in [2.05, 4.69) is 15.6 Å². The maximum Gasteiger partial charge on any atom is 0.287 e. The van der Waals surface area contributed by atoms with E-state index in [0.717, 1.165) is 19.3 Å². The van der Waals surface area contributed by atoms with Crippen LogP contribution in [-0.2, 0) is 14.3 Å². The first-order valence-corrected chi connectivity index (χ1v) is 11.3. The molecule has 1 fully saturated rings. The highest BCUT2D eigenvalue weighted by atomic mass is 16.7. The normalized spacial score (nSPS) is 22.9. The zero-order valence-corrected chi connectivity index (χ0v) is 18.4. The molecule has 0 unspecified atom stereocenters. The Morgan fingerprint density at radius 2 is 2.19 bits per heavy atom. The van der Waals surface area contributed by atoms with Crippen molar-refractivity contribution in [3.05, 3.63) is 40.3 Å². The fourth-order valence-electron chi connectivity index (χ4n) is 4.20. The predicted octanol–water partition coefficient (Wildman–Crippen LogP) is 2.60. The summed E-state index contributed by atoms with van der Waals surface area (Å²) in [6, 6.07) is 2.89. The summed E-state index contributed by atoms with van der Waals surface area (Å²) in [4.78, 5) is 26.9. The van der Waals surface area contributed by atoms with E-state index < -0.39 is 11.2 Å². The number of allylic oxidation sites excluding steroid dienone is 1. The van der Waals surface area contributed by atoms with Gasteiger partial charge in [0, 0.05) is 38.3 Å². The number of aliphatic hydroxyl groups excluding tert-OH is 1. The van der Waals surface area contributed by atoms with Gasteiger partial charge in [0.05, 0.1) is 4.92 Å². The van der Waals surface area contributed by atoms with Crippen LogP contribution < -0.4 is 10.6 Å². The molecule has 2 aliphatic rings. The van der Waals surface area contributed by atoms with Gasteiger partial charge in [-0.2, -0.15) is 0 Å². The Balaban J connectivity index is 1.56. The van der Waals surface area contributed by atoms with Crippen LogP contribution in [0.4, 0.5) is 11.5 Å². The summed E-state index contributed by atoms with van der Waals surface area (Å²) >= 11 is 0. The van der Waals surface area contributed by atoms with Crippen LogP contribution in [-0.4, -0.2) is 53.5 Å². The third-order valence-electron chi connectivity index (χ3n) is 6.05. The van der Waals surface area contributed by atoms with E-state index in [9.17, 15) is 20.0 Å². The number of hydrogen-bond donors (Lipinski definition) is 3. The van der Waals surface area contributed by atoms with Gasteiger partial charge in [0.15, 0.2) is 5.76 Å². The van der Waals surface area contributed by atoms with Crippen molar-refractivity contribution in [1.82, 2.24) is 10.3 Å². The summed E-state index contributed by atoms with van der Waals surface area (Å²) in [5, 5.41) is 25.8. The number of carbonyl (C=O) groups excluding carboxylic acids is 1. The van der Waals surface area contributed by atoms with Crippen LogP contribution in [0.5, 0.6) is 0 Å². The molecule has 176 valence electrons. The molecule has 1 aliphatic heterocycles. The largest absolute Gasteiger partial charge is 0.459 e. The highest BCUT2D eigenvalue weighted by Gasteiger charge is 2.42. The van der Waals surface area contributed by atoms with Gasteiger partial charge in [0.2, 0.25) is 6.29 Å². The van der Waals surface area contributed by atoms with Crippen molar-refractivity contribution in [1.29, 1.82) is 0 Å². The minimum absolute atomic E-state index is 0.0765. The Kier molecular flexibility index (Phi) is 8.81. The number of amides is 1. The Hall–Kier alpha value is -2.72. The Bertz CT molecular complexity index is 796. The van der Waals surface area contributed by atoms with Crippen molar-refractivity contribution in [2.24, 2.45) is 17.8 Å². The number of aromatic nitrogens is 1. The first kappa shape index (κ1) is 23.9. The molecule has 1 aromatic heterocycles. The number of ether oxygens (including phenoxy) is 2. The van der Waals surface area contributed by atoms with Crippen LogP contribution in [0.1, 0.15) is 39.0 Å². The molecule has 0 radical (unpaired) electrons. The Morgan fingerprint density at radius 1 is 1.38 bits per heavy atom.